The third kappa shape index (κ3) is 3.66. The predicted molar refractivity (Wildman–Crippen MR) is 71.8 cm³/mol. The van der Waals surface area contributed by atoms with Crippen molar-refractivity contribution in [3.05, 3.63) is 32.6 Å². The molecule has 7 nitrogen and oxygen atoms in total. The van der Waals surface area contributed by atoms with Gasteiger partial charge in [0, 0.05) is 13.2 Å². The molecular weight excluding hydrogens is 264 g/mol. The Morgan fingerprint density at radius 1 is 1.30 bits per heavy atom. The minimum Gasteiger partial charge on any atom is -0.464 e. The Balaban J connectivity index is 3.02. The number of esters is 1. The Labute approximate surface area is 115 Å². The van der Waals surface area contributed by atoms with Crippen molar-refractivity contribution < 1.29 is 14.3 Å². The fourth-order valence-corrected chi connectivity index (χ4v) is 1.60. The predicted octanol–water partition coefficient (Wildman–Crippen LogP) is 0.0929. The zero-order valence-corrected chi connectivity index (χ0v) is 11.8. The molecule has 1 rings (SSSR count). The molecular formula is C13H18N2O5. The first-order valence-corrected chi connectivity index (χ1v) is 6.35. The topological polar surface area (TPSA) is 87.4 Å². The molecule has 0 N–H and O–H groups in total. The van der Waals surface area contributed by atoms with Crippen LogP contribution in [-0.4, -0.2) is 27.5 Å². The average Bonchev–Trinajstić information content (AvgIpc) is 2.39. The van der Waals surface area contributed by atoms with Gasteiger partial charge in [-0.2, -0.15) is 0 Å². The van der Waals surface area contributed by atoms with Gasteiger partial charge in [0.2, 0.25) is 0 Å². The number of hydrogen-bond donors (Lipinski definition) is 0. The summed E-state index contributed by atoms with van der Waals surface area (Å²) in [7, 11) is 1.26. The van der Waals surface area contributed by atoms with Crippen LogP contribution in [0.3, 0.4) is 0 Å². The van der Waals surface area contributed by atoms with Gasteiger partial charge in [0.1, 0.15) is 6.54 Å². The average molecular weight is 282 g/mol. The summed E-state index contributed by atoms with van der Waals surface area (Å²) in [6, 6.07) is 0. The molecule has 7 heteroatoms. The number of aromatic nitrogens is 2. The summed E-state index contributed by atoms with van der Waals surface area (Å²) < 4.78 is 6.75. The first-order chi connectivity index (χ1) is 9.38. The summed E-state index contributed by atoms with van der Waals surface area (Å²) in [5.74, 6) is -1.03. The first-order valence-electron chi connectivity index (χ1n) is 6.35. The molecule has 0 spiro atoms. The van der Waals surface area contributed by atoms with Crippen LogP contribution in [0, 0.1) is 0 Å². The number of carbonyl (C=O) groups is 2. The summed E-state index contributed by atoms with van der Waals surface area (Å²) in [6.45, 7) is 3.15. The molecule has 110 valence electrons. The Morgan fingerprint density at radius 2 is 1.95 bits per heavy atom. The summed E-state index contributed by atoms with van der Waals surface area (Å²) in [4.78, 5) is 46.4. The molecule has 1 heterocycles. The van der Waals surface area contributed by atoms with Crippen LogP contribution >= 0.6 is 0 Å². The zero-order valence-electron chi connectivity index (χ0n) is 11.8. The van der Waals surface area contributed by atoms with E-state index < -0.39 is 23.0 Å². The fourth-order valence-electron chi connectivity index (χ4n) is 1.60. The second kappa shape index (κ2) is 6.83. The van der Waals surface area contributed by atoms with E-state index >= 15 is 0 Å². The lowest BCUT2D eigenvalue weighted by atomic mass is 10.2. The van der Waals surface area contributed by atoms with Crippen molar-refractivity contribution in [3.63, 3.8) is 0 Å². The third-order valence-electron chi connectivity index (χ3n) is 2.79. The van der Waals surface area contributed by atoms with E-state index in [1.807, 2.05) is 6.92 Å². The zero-order chi connectivity index (χ0) is 15.3. The molecule has 0 aliphatic heterocycles. The molecule has 20 heavy (non-hydrogen) atoms. The van der Waals surface area contributed by atoms with Crippen molar-refractivity contribution in [2.75, 3.05) is 6.61 Å². The molecule has 0 bridgehead atoms. The second-order valence-corrected chi connectivity index (χ2v) is 4.45. The van der Waals surface area contributed by atoms with E-state index in [1.54, 1.807) is 0 Å². The van der Waals surface area contributed by atoms with Gasteiger partial charge in [-0.05, 0) is 13.3 Å². The van der Waals surface area contributed by atoms with Gasteiger partial charge in [-0.15, -0.1) is 0 Å². The van der Waals surface area contributed by atoms with E-state index in [1.165, 1.54) is 14.0 Å². The van der Waals surface area contributed by atoms with Crippen LogP contribution < -0.4 is 11.2 Å². The molecule has 1 aromatic heterocycles. The molecule has 0 unspecified atom stereocenters. The number of Topliss-reactive ketones (excluding diaryl/α,β-unsaturated/α-hetero) is 1. The Bertz CT molecular complexity index is 627. The number of rotatable bonds is 6. The highest BCUT2D eigenvalue weighted by Crippen LogP contribution is 1.94. The highest BCUT2D eigenvalue weighted by molar-refractivity contribution is 5.93. The molecule has 1 aromatic rings. The summed E-state index contributed by atoms with van der Waals surface area (Å²) in [6.07, 6.45) is 2.74. The van der Waals surface area contributed by atoms with Crippen LogP contribution in [0.1, 0.15) is 37.0 Å². The monoisotopic (exact) mass is 282 g/mol. The SMILES string of the molecule is CCCCOC(=O)Cn1cc(C(C)=O)c(=O)n(C)c1=O. The lowest BCUT2D eigenvalue weighted by Crippen LogP contribution is -2.41. The highest BCUT2D eigenvalue weighted by Gasteiger charge is 2.14. The number of ether oxygens (including phenoxy) is 1. The molecule has 0 saturated heterocycles. The normalized spacial score (nSPS) is 10.3. The van der Waals surface area contributed by atoms with E-state index in [0.717, 1.165) is 28.2 Å². The number of unbranched alkanes of at least 4 members (excludes halogenated alkanes) is 1. The van der Waals surface area contributed by atoms with Crippen molar-refractivity contribution in [1.82, 2.24) is 9.13 Å². The summed E-state index contributed by atoms with van der Waals surface area (Å²) in [5.41, 5.74) is -1.46. The minimum atomic E-state index is -0.668. The number of ketones is 1. The van der Waals surface area contributed by atoms with Crippen LogP contribution in [-0.2, 0) is 23.1 Å². The standard InChI is InChI=1S/C13H18N2O5/c1-4-5-6-20-11(17)8-15-7-10(9(2)16)12(18)14(3)13(15)19/h7H,4-6,8H2,1-3H3. The smallest absolute Gasteiger partial charge is 0.331 e. The highest BCUT2D eigenvalue weighted by atomic mass is 16.5. The maximum Gasteiger partial charge on any atom is 0.331 e. The number of nitrogens with zero attached hydrogens (tertiary/aromatic N) is 2. The fraction of sp³-hybridized carbons (Fsp3) is 0.538. The van der Waals surface area contributed by atoms with Crippen LogP contribution in [0.2, 0.25) is 0 Å². The molecule has 0 amide bonds. The maximum atomic E-state index is 11.8. The molecule has 0 saturated carbocycles. The van der Waals surface area contributed by atoms with E-state index in [9.17, 15) is 19.2 Å². The lowest BCUT2D eigenvalue weighted by Gasteiger charge is -2.09. The second-order valence-electron chi connectivity index (χ2n) is 4.45. The van der Waals surface area contributed by atoms with Gasteiger partial charge in [0.25, 0.3) is 5.56 Å². The van der Waals surface area contributed by atoms with E-state index in [0.29, 0.717) is 0 Å². The maximum absolute atomic E-state index is 11.8. The molecule has 0 radical (unpaired) electrons. The largest absolute Gasteiger partial charge is 0.464 e. The molecule has 0 fully saturated rings. The number of carbonyl (C=O) groups excluding carboxylic acids is 2. The third-order valence-corrected chi connectivity index (χ3v) is 2.79. The summed E-state index contributed by atoms with van der Waals surface area (Å²) >= 11 is 0. The van der Waals surface area contributed by atoms with E-state index in [4.69, 9.17) is 4.74 Å². The lowest BCUT2D eigenvalue weighted by molar-refractivity contribution is -0.144. The van der Waals surface area contributed by atoms with Gasteiger partial charge in [0.15, 0.2) is 5.78 Å². The van der Waals surface area contributed by atoms with Gasteiger partial charge in [-0.1, -0.05) is 13.3 Å². The van der Waals surface area contributed by atoms with Gasteiger partial charge < -0.3 is 4.74 Å². The van der Waals surface area contributed by atoms with Gasteiger partial charge in [-0.3, -0.25) is 23.5 Å². The number of hydrogen-bond acceptors (Lipinski definition) is 5. The van der Waals surface area contributed by atoms with Crippen molar-refractivity contribution in [3.8, 4) is 0 Å². The van der Waals surface area contributed by atoms with E-state index in [-0.39, 0.29) is 18.7 Å². The van der Waals surface area contributed by atoms with Crippen molar-refractivity contribution in [2.24, 2.45) is 7.05 Å². The van der Waals surface area contributed by atoms with Crippen molar-refractivity contribution in [2.45, 2.75) is 33.2 Å². The molecule has 0 atom stereocenters. The van der Waals surface area contributed by atoms with Gasteiger partial charge in [0.05, 0.1) is 12.2 Å². The van der Waals surface area contributed by atoms with Crippen LogP contribution in [0.4, 0.5) is 0 Å². The van der Waals surface area contributed by atoms with Crippen LogP contribution in [0.5, 0.6) is 0 Å². The van der Waals surface area contributed by atoms with Crippen molar-refractivity contribution in [1.29, 1.82) is 0 Å². The Kier molecular flexibility index (Phi) is 5.42. The summed E-state index contributed by atoms with van der Waals surface area (Å²) in [5, 5.41) is 0. The molecule has 0 aliphatic rings. The van der Waals surface area contributed by atoms with Gasteiger partial charge in [-0.25, -0.2) is 4.79 Å². The van der Waals surface area contributed by atoms with E-state index in [2.05, 4.69) is 0 Å². The van der Waals surface area contributed by atoms with Crippen molar-refractivity contribution >= 4 is 11.8 Å². The Hall–Kier alpha value is -2.18. The van der Waals surface area contributed by atoms with Crippen LogP contribution in [0.15, 0.2) is 15.8 Å². The van der Waals surface area contributed by atoms with Crippen LogP contribution in [0.25, 0.3) is 0 Å². The minimum absolute atomic E-state index is 0.131. The molecule has 0 aliphatic carbocycles. The molecule has 0 aromatic carbocycles. The van der Waals surface area contributed by atoms with Gasteiger partial charge >= 0.3 is 11.7 Å². The first kappa shape index (κ1) is 15.9. The quantitative estimate of drug-likeness (QED) is 0.419. The Morgan fingerprint density at radius 3 is 2.50 bits per heavy atom.